The highest BCUT2D eigenvalue weighted by Gasteiger charge is 2.47. The van der Waals surface area contributed by atoms with Crippen LogP contribution in [0.4, 0.5) is 4.79 Å². The minimum atomic E-state index is -0.891. The number of hydrogen-bond acceptors (Lipinski definition) is 3. The summed E-state index contributed by atoms with van der Waals surface area (Å²) >= 11 is 0. The first-order valence-electron chi connectivity index (χ1n) is 7.95. The van der Waals surface area contributed by atoms with Crippen molar-refractivity contribution in [3.8, 4) is 0 Å². The molecule has 1 aliphatic carbocycles. The summed E-state index contributed by atoms with van der Waals surface area (Å²) in [5.74, 6) is -0.549. The molecule has 1 aliphatic heterocycles. The Hall–Kier alpha value is -1.30. The zero-order chi connectivity index (χ0) is 15.4. The van der Waals surface area contributed by atoms with Crippen molar-refractivity contribution in [1.82, 2.24) is 10.2 Å². The van der Waals surface area contributed by atoms with E-state index in [1.54, 1.807) is 4.90 Å². The molecule has 0 radical (unpaired) electrons. The molecular formula is C15H26N2O4. The van der Waals surface area contributed by atoms with Crippen molar-refractivity contribution in [2.45, 2.75) is 64.1 Å². The van der Waals surface area contributed by atoms with Gasteiger partial charge in [-0.1, -0.05) is 12.8 Å². The standard InChI is InChI=1S/C15H26N2O4/c1-3-21-10(2)9-16-15(20)17-12-7-5-4-6-11(12)8-13(17)14(18)19/h10-13H,3-9H2,1-2H3,(H,16,20)(H,18,19). The molecule has 6 heteroatoms. The van der Waals surface area contributed by atoms with E-state index in [0.717, 1.165) is 25.7 Å². The summed E-state index contributed by atoms with van der Waals surface area (Å²) in [7, 11) is 0. The van der Waals surface area contributed by atoms with Crippen LogP contribution in [-0.2, 0) is 9.53 Å². The maximum absolute atomic E-state index is 12.4. The number of carbonyl (C=O) groups excluding carboxylic acids is 1. The molecule has 4 unspecified atom stereocenters. The number of nitrogens with zero attached hydrogens (tertiary/aromatic N) is 1. The predicted molar refractivity (Wildman–Crippen MR) is 78.1 cm³/mol. The highest BCUT2D eigenvalue weighted by molar-refractivity contribution is 5.83. The van der Waals surface area contributed by atoms with Gasteiger partial charge in [-0.3, -0.25) is 0 Å². The number of carbonyl (C=O) groups is 2. The first-order valence-corrected chi connectivity index (χ1v) is 7.95. The normalized spacial score (nSPS) is 29.8. The number of likely N-dealkylation sites (tertiary alicyclic amines) is 1. The van der Waals surface area contributed by atoms with Crippen LogP contribution < -0.4 is 5.32 Å². The Morgan fingerprint density at radius 1 is 1.38 bits per heavy atom. The van der Waals surface area contributed by atoms with Crippen molar-refractivity contribution in [3.63, 3.8) is 0 Å². The van der Waals surface area contributed by atoms with Crippen molar-refractivity contribution >= 4 is 12.0 Å². The summed E-state index contributed by atoms with van der Waals surface area (Å²) in [6.45, 7) is 4.81. The van der Waals surface area contributed by atoms with Crippen molar-refractivity contribution in [3.05, 3.63) is 0 Å². The number of amides is 2. The van der Waals surface area contributed by atoms with E-state index in [-0.39, 0.29) is 18.2 Å². The van der Waals surface area contributed by atoms with Crippen molar-refractivity contribution < 1.29 is 19.4 Å². The monoisotopic (exact) mass is 298 g/mol. The third kappa shape index (κ3) is 3.67. The molecule has 120 valence electrons. The second-order valence-corrected chi connectivity index (χ2v) is 6.06. The number of hydrogen-bond donors (Lipinski definition) is 2. The fourth-order valence-electron chi connectivity index (χ4n) is 3.64. The third-order valence-corrected chi connectivity index (χ3v) is 4.60. The lowest BCUT2D eigenvalue weighted by molar-refractivity contribution is -0.141. The molecule has 0 aromatic heterocycles. The zero-order valence-electron chi connectivity index (χ0n) is 12.9. The zero-order valence-corrected chi connectivity index (χ0v) is 12.9. The maximum Gasteiger partial charge on any atom is 0.326 e. The van der Waals surface area contributed by atoms with Crippen LogP contribution in [0.5, 0.6) is 0 Å². The number of carboxylic acid groups (broad SMARTS) is 1. The van der Waals surface area contributed by atoms with Crippen LogP contribution in [0.15, 0.2) is 0 Å². The van der Waals surface area contributed by atoms with Gasteiger partial charge in [0.05, 0.1) is 6.10 Å². The van der Waals surface area contributed by atoms with Gasteiger partial charge in [-0.15, -0.1) is 0 Å². The van der Waals surface area contributed by atoms with E-state index in [9.17, 15) is 14.7 Å². The van der Waals surface area contributed by atoms with Gasteiger partial charge < -0.3 is 20.1 Å². The summed E-state index contributed by atoms with van der Waals surface area (Å²) < 4.78 is 5.39. The summed E-state index contributed by atoms with van der Waals surface area (Å²) in [6.07, 6.45) is 4.70. The van der Waals surface area contributed by atoms with E-state index in [4.69, 9.17) is 4.74 Å². The quantitative estimate of drug-likeness (QED) is 0.811. The first kappa shape index (κ1) is 16.1. The Kier molecular flexibility index (Phi) is 5.45. The first-order chi connectivity index (χ1) is 10.0. The van der Waals surface area contributed by atoms with E-state index in [0.29, 0.717) is 25.5 Å². The smallest absolute Gasteiger partial charge is 0.326 e. The largest absolute Gasteiger partial charge is 0.480 e. The van der Waals surface area contributed by atoms with Gasteiger partial charge in [0.1, 0.15) is 6.04 Å². The van der Waals surface area contributed by atoms with Crippen LogP contribution in [0.25, 0.3) is 0 Å². The van der Waals surface area contributed by atoms with Crippen LogP contribution in [0.3, 0.4) is 0 Å². The topological polar surface area (TPSA) is 78.9 Å². The van der Waals surface area contributed by atoms with Gasteiger partial charge in [-0.25, -0.2) is 9.59 Å². The van der Waals surface area contributed by atoms with Gasteiger partial charge in [0.2, 0.25) is 0 Å². The average Bonchev–Trinajstić information content (AvgIpc) is 2.85. The Bertz CT molecular complexity index is 388. The lowest BCUT2D eigenvalue weighted by atomic mass is 9.85. The molecule has 0 aromatic carbocycles. The van der Waals surface area contributed by atoms with Crippen LogP contribution in [0.2, 0.25) is 0 Å². The third-order valence-electron chi connectivity index (χ3n) is 4.60. The van der Waals surface area contributed by atoms with Gasteiger partial charge in [-0.05, 0) is 39.0 Å². The number of rotatable bonds is 5. The lowest BCUT2D eigenvalue weighted by Gasteiger charge is -2.33. The van der Waals surface area contributed by atoms with Gasteiger partial charge >= 0.3 is 12.0 Å². The fourth-order valence-corrected chi connectivity index (χ4v) is 3.64. The van der Waals surface area contributed by atoms with E-state index in [2.05, 4.69) is 5.32 Å². The Labute approximate surface area is 125 Å². The average molecular weight is 298 g/mol. The number of nitrogens with one attached hydrogen (secondary N) is 1. The Morgan fingerprint density at radius 3 is 2.76 bits per heavy atom. The van der Waals surface area contributed by atoms with E-state index < -0.39 is 12.0 Å². The molecule has 2 rings (SSSR count). The Balaban J connectivity index is 1.99. The summed E-state index contributed by atoms with van der Waals surface area (Å²) in [5.41, 5.74) is 0. The van der Waals surface area contributed by atoms with E-state index in [1.165, 1.54) is 0 Å². The van der Waals surface area contributed by atoms with Crippen molar-refractivity contribution in [2.24, 2.45) is 5.92 Å². The van der Waals surface area contributed by atoms with Gasteiger partial charge in [0.25, 0.3) is 0 Å². The van der Waals surface area contributed by atoms with Gasteiger partial charge in [0.15, 0.2) is 0 Å². The van der Waals surface area contributed by atoms with E-state index >= 15 is 0 Å². The van der Waals surface area contributed by atoms with Crippen molar-refractivity contribution in [1.29, 1.82) is 0 Å². The minimum absolute atomic E-state index is 0.0630. The number of ether oxygens (including phenoxy) is 1. The predicted octanol–water partition coefficient (Wildman–Crippen LogP) is 1.84. The molecule has 1 heterocycles. The molecule has 21 heavy (non-hydrogen) atoms. The molecule has 2 aliphatic rings. The Morgan fingerprint density at radius 2 is 2.10 bits per heavy atom. The molecule has 1 saturated carbocycles. The molecule has 2 N–H and O–H groups in total. The molecule has 6 nitrogen and oxygen atoms in total. The maximum atomic E-state index is 12.4. The second kappa shape index (κ2) is 7.11. The lowest BCUT2D eigenvalue weighted by Crippen LogP contribution is -2.51. The van der Waals surface area contributed by atoms with Crippen LogP contribution in [0.1, 0.15) is 46.0 Å². The summed E-state index contributed by atoms with van der Waals surface area (Å²) in [6, 6.07) is -0.855. The molecule has 2 amide bonds. The molecule has 0 aromatic rings. The molecule has 0 spiro atoms. The van der Waals surface area contributed by atoms with Gasteiger partial charge in [0, 0.05) is 19.2 Å². The van der Waals surface area contributed by atoms with Crippen LogP contribution >= 0.6 is 0 Å². The summed E-state index contributed by atoms with van der Waals surface area (Å²) in [5, 5.41) is 12.2. The second-order valence-electron chi connectivity index (χ2n) is 6.06. The number of fused-ring (bicyclic) bond motifs is 1. The molecular weight excluding hydrogens is 272 g/mol. The highest BCUT2D eigenvalue weighted by atomic mass is 16.5. The molecule has 4 atom stereocenters. The van der Waals surface area contributed by atoms with Crippen LogP contribution in [-0.4, -0.2) is 53.3 Å². The minimum Gasteiger partial charge on any atom is -0.480 e. The highest BCUT2D eigenvalue weighted by Crippen LogP contribution is 2.39. The SMILES string of the molecule is CCOC(C)CNC(=O)N1C(C(=O)O)CC2CCCCC21. The fraction of sp³-hybridized carbons (Fsp3) is 0.867. The summed E-state index contributed by atoms with van der Waals surface area (Å²) in [4.78, 5) is 25.4. The number of urea groups is 1. The van der Waals surface area contributed by atoms with Crippen LogP contribution in [0, 0.1) is 5.92 Å². The van der Waals surface area contributed by atoms with Gasteiger partial charge in [-0.2, -0.15) is 0 Å². The number of aliphatic carboxylic acids is 1. The molecule has 1 saturated heterocycles. The molecule has 2 fully saturated rings. The number of carboxylic acids is 1. The van der Waals surface area contributed by atoms with E-state index in [1.807, 2.05) is 13.8 Å². The van der Waals surface area contributed by atoms with Crippen molar-refractivity contribution in [2.75, 3.05) is 13.2 Å². The molecule has 0 bridgehead atoms.